The number of Topliss-reactive ketones (excluding diaryl/α,β-unsaturated/α-hetero) is 1. The maximum Gasteiger partial charge on any atom is 0.321 e. The third kappa shape index (κ3) is 7.49. The van der Waals surface area contributed by atoms with Crippen LogP contribution < -0.4 is 10.6 Å². The Hall–Kier alpha value is -3.22. The highest BCUT2D eigenvalue weighted by Gasteiger charge is 2.33. The van der Waals surface area contributed by atoms with E-state index in [0.717, 1.165) is 51.9 Å². The molecule has 0 unspecified atom stereocenters. The van der Waals surface area contributed by atoms with Crippen LogP contribution in [-0.2, 0) is 13.0 Å². The second kappa shape index (κ2) is 13.0. The summed E-state index contributed by atoms with van der Waals surface area (Å²) >= 11 is 1.19. The Morgan fingerprint density at radius 3 is 2.70 bits per heavy atom. The van der Waals surface area contributed by atoms with E-state index in [-0.39, 0.29) is 29.6 Å². The first-order valence-electron chi connectivity index (χ1n) is 13.8. The second-order valence-electron chi connectivity index (χ2n) is 10.9. The molecule has 3 atom stereocenters. The number of nitrogens with one attached hydrogen (secondary N) is 2. The summed E-state index contributed by atoms with van der Waals surface area (Å²) in [5, 5.41) is 10.4. The number of piperidine rings is 2. The quantitative estimate of drug-likeness (QED) is 0.370. The van der Waals surface area contributed by atoms with E-state index in [4.69, 9.17) is 4.52 Å². The number of ketones is 1. The van der Waals surface area contributed by atoms with E-state index in [2.05, 4.69) is 35.6 Å². The fraction of sp³-hybridized carbons (Fsp3) is 0.536. The van der Waals surface area contributed by atoms with Gasteiger partial charge in [0.25, 0.3) is 0 Å². The van der Waals surface area contributed by atoms with Gasteiger partial charge in [-0.05, 0) is 75.2 Å². The molecule has 2 amide bonds. The van der Waals surface area contributed by atoms with Crippen molar-refractivity contribution in [3.05, 3.63) is 58.4 Å². The lowest BCUT2D eigenvalue weighted by molar-refractivity contribution is 0.0857. The molecule has 0 radical (unpaired) electrons. The molecule has 0 aliphatic carbocycles. The van der Waals surface area contributed by atoms with Gasteiger partial charge >= 0.3 is 6.03 Å². The van der Waals surface area contributed by atoms with E-state index in [1.54, 1.807) is 6.92 Å². The monoisotopic (exact) mass is 569 g/mol. The van der Waals surface area contributed by atoms with E-state index in [1.165, 1.54) is 42.4 Å². The van der Waals surface area contributed by atoms with Crippen LogP contribution in [0.1, 0.15) is 52.9 Å². The van der Waals surface area contributed by atoms with Gasteiger partial charge in [0.05, 0.1) is 17.1 Å². The normalized spacial score (nSPS) is 22.2. The van der Waals surface area contributed by atoms with Gasteiger partial charge in [-0.2, -0.15) is 4.98 Å². The highest BCUT2D eigenvalue weighted by molar-refractivity contribution is 7.17. The molecule has 2 fully saturated rings. The number of thiazole rings is 1. The number of benzene rings is 1. The van der Waals surface area contributed by atoms with Crippen molar-refractivity contribution in [1.29, 1.82) is 0 Å². The number of hydrogen-bond donors (Lipinski definition) is 2. The predicted octanol–water partition coefficient (Wildman–Crippen LogP) is 4.14. The molecule has 2 aromatic heterocycles. The smallest absolute Gasteiger partial charge is 0.321 e. The average molecular weight is 570 g/mol. The van der Waals surface area contributed by atoms with Crippen molar-refractivity contribution >= 4 is 28.3 Å². The number of carbonyl (C=O) groups excluding carboxylic acids is 2. The van der Waals surface area contributed by atoms with E-state index in [9.17, 15) is 14.0 Å². The highest BCUT2D eigenvalue weighted by atomic mass is 32.1. The average Bonchev–Trinajstić information content (AvgIpc) is 3.56. The fourth-order valence-corrected chi connectivity index (χ4v) is 6.76. The lowest BCUT2D eigenvalue weighted by Crippen LogP contribution is -2.56. The van der Waals surface area contributed by atoms with Gasteiger partial charge in [0.15, 0.2) is 16.7 Å². The molecular weight excluding hydrogens is 533 g/mol. The molecular formula is C28H36FN7O3S. The van der Waals surface area contributed by atoms with Gasteiger partial charge in [0.2, 0.25) is 6.39 Å². The molecule has 0 bridgehead atoms. The number of anilines is 1. The molecule has 10 nitrogen and oxygen atoms in total. The Labute approximate surface area is 237 Å². The van der Waals surface area contributed by atoms with Gasteiger partial charge in [-0.15, -0.1) is 0 Å². The molecule has 0 saturated carbocycles. The standard InChI is InChI=1S/C28H36FN7O3S/c1-18-26(19(2)37)40-28(31-18)33-27(38)32-24-15-36(16-25-30-17-39-34-25)11-9-22(24)14-35-10-3-4-21(13-35)12-20-5-7-23(29)8-6-20/h5-8,17,21-22,24H,3-4,9-16H2,1-2H3,(H2,31,32,33,38)/t21-,22-,24-/m0/s1. The Morgan fingerprint density at radius 1 is 1.15 bits per heavy atom. The molecule has 12 heteroatoms. The first kappa shape index (κ1) is 28.3. The zero-order valence-corrected chi connectivity index (χ0v) is 23.8. The molecule has 2 aliphatic heterocycles. The Balaban J connectivity index is 1.22. The zero-order valence-electron chi connectivity index (χ0n) is 22.9. The number of rotatable bonds is 9. The Bertz CT molecular complexity index is 1280. The molecule has 214 valence electrons. The summed E-state index contributed by atoms with van der Waals surface area (Å²) < 4.78 is 18.2. The lowest BCUT2D eigenvalue weighted by atomic mass is 9.87. The van der Waals surface area contributed by atoms with E-state index in [1.807, 2.05) is 12.1 Å². The third-order valence-corrected chi connectivity index (χ3v) is 8.97. The fourth-order valence-electron chi connectivity index (χ4n) is 5.90. The summed E-state index contributed by atoms with van der Waals surface area (Å²) in [6.45, 7) is 8.28. The minimum Gasteiger partial charge on any atom is -0.343 e. The Morgan fingerprint density at radius 2 is 1.98 bits per heavy atom. The first-order chi connectivity index (χ1) is 19.3. The minimum atomic E-state index is -0.326. The van der Waals surface area contributed by atoms with E-state index in [0.29, 0.717) is 40.5 Å². The molecule has 40 heavy (non-hydrogen) atoms. The number of amides is 2. The summed E-state index contributed by atoms with van der Waals surface area (Å²) in [6, 6.07) is 6.42. The molecule has 2 aliphatic rings. The predicted molar refractivity (Wildman–Crippen MR) is 150 cm³/mol. The van der Waals surface area contributed by atoms with Gasteiger partial charge in [-0.1, -0.05) is 28.6 Å². The maximum absolute atomic E-state index is 13.3. The van der Waals surface area contributed by atoms with Gasteiger partial charge in [-0.25, -0.2) is 14.2 Å². The van der Waals surface area contributed by atoms with Crippen molar-refractivity contribution in [3.8, 4) is 0 Å². The molecule has 0 spiro atoms. The summed E-state index contributed by atoms with van der Waals surface area (Å²) in [4.78, 5) is 38.7. The van der Waals surface area contributed by atoms with Crippen LogP contribution in [0.15, 0.2) is 35.2 Å². The molecule has 1 aromatic carbocycles. The summed E-state index contributed by atoms with van der Waals surface area (Å²) in [5.41, 5.74) is 1.79. The van der Waals surface area contributed by atoms with Gasteiger partial charge in [0, 0.05) is 32.6 Å². The van der Waals surface area contributed by atoms with Crippen LogP contribution in [0.25, 0.3) is 0 Å². The van der Waals surface area contributed by atoms with E-state index >= 15 is 0 Å². The topological polar surface area (TPSA) is 116 Å². The third-order valence-electron chi connectivity index (χ3n) is 7.80. The molecule has 3 aromatic rings. The number of aryl methyl sites for hydroxylation is 1. The Kier molecular flexibility index (Phi) is 9.18. The van der Waals surface area contributed by atoms with Crippen LogP contribution >= 0.6 is 11.3 Å². The van der Waals surface area contributed by atoms with Crippen molar-refractivity contribution in [3.63, 3.8) is 0 Å². The number of aromatic nitrogens is 3. The second-order valence-corrected chi connectivity index (χ2v) is 11.9. The highest BCUT2D eigenvalue weighted by Crippen LogP contribution is 2.27. The largest absolute Gasteiger partial charge is 0.343 e. The van der Waals surface area contributed by atoms with Crippen molar-refractivity contribution in [2.75, 3.05) is 38.0 Å². The van der Waals surface area contributed by atoms with E-state index < -0.39 is 0 Å². The van der Waals surface area contributed by atoms with Crippen molar-refractivity contribution in [2.24, 2.45) is 11.8 Å². The molecule has 4 heterocycles. The van der Waals surface area contributed by atoms with Crippen LogP contribution in [0.5, 0.6) is 0 Å². The van der Waals surface area contributed by atoms with Crippen LogP contribution in [0.3, 0.4) is 0 Å². The number of nitrogens with zero attached hydrogens (tertiary/aromatic N) is 5. The van der Waals surface area contributed by atoms with Gasteiger partial charge < -0.3 is 14.7 Å². The SMILES string of the molecule is CC(=O)c1sc(NC(=O)N[C@H]2CN(Cc3ncon3)CC[C@H]2CN2CCC[C@@H](Cc3ccc(F)cc3)C2)nc1C. The summed E-state index contributed by atoms with van der Waals surface area (Å²) in [5.74, 6) is 1.15. The van der Waals surface area contributed by atoms with Crippen molar-refractivity contribution < 1.29 is 18.5 Å². The van der Waals surface area contributed by atoms with Gasteiger partial charge in [-0.3, -0.25) is 15.0 Å². The number of hydrogen-bond acceptors (Lipinski definition) is 9. The number of carbonyl (C=O) groups is 2. The van der Waals surface area contributed by atoms with Crippen molar-refractivity contribution in [1.82, 2.24) is 30.2 Å². The van der Waals surface area contributed by atoms with Crippen molar-refractivity contribution in [2.45, 2.75) is 52.1 Å². The zero-order chi connectivity index (χ0) is 28.1. The maximum atomic E-state index is 13.3. The number of likely N-dealkylation sites (tertiary alicyclic amines) is 2. The number of halogens is 1. The van der Waals surface area contributed by atoms with Crippen LogP contribution in [-0.4, -0.2) is 75.5 Å². The molecule has 5 rings (SSSR count). The summed E-state index contributed by atoms with van der Waals surface area (Å²) in [7, 11) is 0. The molecule has 2 saturated heterocycles. The van der Waals surface area contributed by atoms with Crippen LogP contribution in [0.4, 0.5) is 14.3 Å². The van der Waals surface area contributed by atoms with Gasteiger partial charge in [0.1, 0.15) is 5.82 Å². The summed E-state index contributed by atoms with van der Waals surface area (Å²) in [6.07, 6.45) is 5.49. The van der Waals surface area contributed by atoms with Crippen LogP contribution in [0.2, 0.25) is 0 Å². The number of urea groups is 1. The van der Waals surface area contributed by atoms with Crippen LogP contribution in [0, 0.1) is 24.6 Å². The minimum absolute atomic E-state index is 0.0628. The lowest BCUT2D eigenvalue weighted by Gasteiger charge is -2.42. The molecule has 2 N–H and O–H groups in total. The first-order valence-corrected chi connectivity index (χ1v) is 14.6.